The maximum atomic E-state index is 12.2. The van der Waals surface area contributed by atoms with E-state index in [0.717, 1.165) is 17.7 Å². The minimum Gasteiger partial charge on any atom is -0.398 e. The molecule has 0 atom stereocenters. The van der Waals surface area contributed by atoms with Crippen molar-refractivity contribution in [3.05, 3.63) is 57.8 Å². The summed E-state index contributed by atoms with van der Waals surface area (Å²) in [6, 6.07) is 9.15. The summed E-state index contributed by atoms with van der Waals surface area (Å²) in [4.78, 5) is 16.5. The number of hydrogen-bond acceptors (Lipinski definition) is 3. The van der Waals surface area contributed by atoms with Gasteiger partial charge in [0.2, 0.25) is 0 Å². The number of nitrogen functional groups attached to an aromatic ring is 1. The van der Waals surface area contributed by atoms with Crippen LogP contribution in [0.25, 0.3) is 0 Å². The smallest absolute Gasteiger partial charge is 0.252 e. The number of nitrogens with two attached hydrogens (primary N) is 1. The number of aryl methyl sites for hydroxylation is 1. The number of amides is 1. The van der Waals surface area contributed by atoms with Gasteiger partial charge in [-0.25, -0.2) is 0 Å². The maximum Gasteiger partial charge on any atom is 0.252 e. The van der Waals surface area contributed by atoms with Crippen LogP contribution in [0.3, 0.4) is 0 Å². The Kier molecular flexibility index (Phi) is 4.74. The van der Waals surface area contributed by atoms with Crippen LogP contribution in [0.5, 0.6) is 0 Å². The lowest BCUT2D eigenvalue weighted by Gasteiger charge is -2.10. The number of hydrogen-bond donors (Lipinski definition) is 2. The van der Waals surface area contributed by atoms with Crippen LogP contribution >= 0.6 is 15.9 Å². The van der Waals surface area contributed by atoms with E-state index in [1.807, 2.05) is 12.1 Å². The molecule has 0 bridgehead atoms. The molecular formula is C15H16BrN3O. The SMILES string of the molecule is CCc1cccnc1CNC(=O)c1cccc(N)c1Br. The van der Waals surface area contributed by atoms with E-state index in [2.05, 4.69) is 33.2 Å². The summed E-state index contributed by atoms with van der Waals surface area (Å²) in [6.45, 7) is 2.47. The van der Waals surface area contributed by atoms with Crippen molar-refractivity contribution in [2.75, 3.05) is 5.73 Å². The van der Waals surface area contributed by atoms with E-state index >= 15 is 0 Å². The normalized spacial score (nSPS) is 10.3. The van der Waals surface area contributed by atoms with E-state index in [4.69, 9.17) is 5.73 Å². The summed E-state index contributed by atoms with van der Waals surface area (Å²) >= 11 is 3.33. The molecule has 0 radical (unpaired) electrons. The van der Waals surface area contributed by atoms with E-state index in [-0.39, 0.29) is 5.91 Å². The first-order chi connectivity index (χ1) is 9.63. The Morgan fingerprint density at radius 1 is 1.35 bits per heavy atom. The number of carbonyl (C=O) groups excluding carboxylic acids is 1. The van der Waals surface area contributed by atoms with Crippen molar-refractivity contribution in [2.45, 2.75) is 19.9 Å². The lowest BCUT2D eigenvalue weighted by Crippen LogP contribution is -2.24. The number of carbonyl (C=O) groups is 1. The molecule has 5 heteroatoms. The summed E-state index contributed by atoms with van der Waals surface area (Å²) in [7, 11) is 0. The fourth-order valence-corrected chi connectivity index (χ4v) is 2.38. The Labute approximate surface area is 126 Å². The van der Waals surface area contributed by atoms with Crippen molar-refractivity contribution in [3.8, 4) is 0 Å². The third-order valence-corrected chi connectivity index (χ3v) is 3.94. The van der Waals surface area contributed by atoms with E-state index in [1.54, 1.807) is 24.4 Å². The lowest BCUT2D eigenvalue weighted by atomic mass is 10.1. The Morgan fingerprint density at radius 3 is 2.90 bits per heavy atom. The lowest BCUT2D eigenvalue weighted by molar-refractivity contribution is 0.0949. The molecule has 0 aliphatic heterocycles. The van der Waals surface area contributed by atoms with Crippen LogP contribution in [-0.2, 0) is 13.0 Å². The Bertz CT molecular complexity index is 628. The number of aromatic nitrogens is 1. The first kappa shape index (κ1) is 14.5. The van der Waals surface area contributed by atoms with Gasteiger partial charge in [0.1, 0.15) is 0 Å². The molecule has 1 aromatic heterocycles. The third-order valence-electron chi connectivity index (χ3n) is 3.06. The van der Waals surface area contributed by atoms with Crippen LogP contribution in [0.1, 0.15) is 28.5 Å². The van der Waals surface area contributed by atoms with Crippen LogP contribution in [0.15, 0.2) is 41.0 Å². The molecule has 1 amide bonds. The molecule has 2 aromatic rings. The molecule has 104 valence electrons. The van der Waals surface area contributed by atoms with Gasteiger partial charge in [-0.05, 0) is 46.1 Å². The standard InChI is InChI=1S/C15H16BrN3O/c1-2-10-5-4-8-18-13(10)9-19-15(20)11-6-3-7-12(17)14(11)16/h3-8H,2,9,17H2,1H3,(H,19,20). The molecule has 0 unspecified atom stereocenters. The predicted octanol–water partition coefficient (Wildman–Crippen LogP) is 2.92. The van der Waals surface area contributed by atoms with Crippen molar-refractivity contribution in [1.29, 1.82) is 0 Å². The number of nitrogens with one attached hydrogen (secondary N) is 1. The van der Waals surface area contributed by atoms with Gasteiger partial charge < -0.3 is 11.1 Å². The van der Waals surface area contributed by atoms with Crippen LogP contribution < -0.4 is 11.1 Å². The van der Waals surface area contributed by atoms with Crippen molar-refractivity contribution in [2.24, 2.45) is 0 Å². The highest BCUT2D eigenvalue weighted by Crippen LogP contribution is 2.23. The van der Waals surface area contributed by atoms with Crippen molar-refractivity contribution >= 4 is 27.5 Å². The van der Waals surface area contributed by atoms with E-state index in [9.17, 15) is 4.79 Å². The number of nitrogens with zero attached hydrogens (tertiary/aromatic N) is 1. The van der Waals surface area contributed by atoms with Gasteiger partial charge >= 0.3 is 0 Å². The highest BCUT2D eigenvalue weighted by molar-refractivity contribution is 9.10. The Morgan fingerprint density at radius 2 is 2.15 bits per heavy atom. The van der Waals surface area contributed by atoms with E-state index in [1.165, 1.54) is 0 Å². The van der Waals surface area contributed by atoms with E-state index < -0.39 is 0 Å². The largest absolute Gasteiger partial charge is 0.398 e. The topological polar surface area (TPSA) is 68.0 Å². The molecule has 0 saturated heterocycles. The molecule has 4 nitrogen and oxygen atoms in total. The molecule has 2 rings (SSSR count). The highest BCUT2D eigenvalue weighted by atomic mass is 79.9. The quantitative estimate of drug-likeness (QED) is 0.845. The zero-order chi connectivity index (χ0) is 14.5. The summed E-state index contributed by atoms with van der Waals surface area (Å²) in [5.41, 5.74) is 8.88. The third kappa shape index (κ3) is 3.17. The Balaban J connectivity index is 2.11. The minimum absolute atomic E-state index is 0.170. The van der Waals surface area contributed by atoms with Gasteiger partial charge in [0, 0.05) is 11.9 Å². The van der Waals surface area contributed by atoms with Gasteiger partial charge in [-0.1, -0.05) is 19.1 Å². The number of benzene rings is 1. The first-order valence-electron chi connectivity index (χ1n) is 6.38. The molecule has 1 heterocycles. The molecular weight excluding hydrogens is 318 g/mol. The highest BCUT2D eigenvalue weighted by Gasteiger charge is 2.12. The monoisotopic (exact) mass is 333 g/mol. The average Bonchev–Trinajstić information content (AvgIpc) is 2.48. The van der Waals surface area contributed by atoms with Crippen molar-refractivity contribution in [3.63, 3.8) is 0 Å². The second-order valence-electron chi connectivity index (χ2n) is 4.35. The fourth-order valence-electron chi connectivity index (χ4n) is 1.94. The number of anilines is 1. The second kappa shape index (κ2) is 6.52. The van der Waals surface area contributed by atoms with Crippen LogP contribution in [-0.4, -0.2) is 10.9 Å². The summed E-state index contributed by atoms with van der Waals surface area (Å²) < 4.78 is 0.620. The molecule has 3 N–H and O–H groups in total. The number of pyridine rings is 1. The summed E-state index contributed by atoms with van der Waals surface area (Å²) in [5, 5.41) is 2.87. The molecule has 0 saturated carbocycles. The number of rotatable bonds is 4. The first-order valence-corrected chi connectivity index (χ1v) is 7.17. The summed E-state index contributed by atoms with van der Waals surface area (Å²) in [6.07, 6.45) is 2.62. The zero-order valence-corrected chi connectivity index (χ0v) is 12.8. The maximum absolute atomic E-state index is 12.2. The molecule has 0 spiro atoms. The van der Waals surface area contributed by atoms with Gasteiger partial charge in [-0.3, -0.25) is 9.78 Å². The predicted molar refractivity (Wildman–Crippen MR) is 83.3 cm³/mol. The Hall–Kier alpha value is -1.88. The van der Waals surface area contributed by atoms with E-state index in [0.29, 0.717) is 22.3 Å². The van der Waals surface area contributed by atoms with Gasteiger partial charge in [0.05, 0.1) is 22.3 Å². The van der Waals surface area contributed by atoms with Crippen LogP contribution in [0, 0.1) is 0 Å². The van der Waals surface area contributed by atoms with Crippen LogP contribution in [0.4, 0.5) is 5.69 Å². The second-order valence-corrected chi connectivity index (χ2v) is 5.15. The van der Waals surface area contributed by atoms with Crippen molar-refractivity contribution < 1.29 is 4.79 Å². The van der Waals surface area contributed by atoms with Gasteiger partial charge in [-0.15, -0.1) is 0 Å². The van der Waals surface area contributed by atoms with Gasteiger partial charge in [-0.2, -0.15) is 0 Å². The molecule has 1 aromatic carbocycles. The summed E-state index contributed by atoms with van der Waals surface area (Å²) in [5.74, 6) is -0.170. The molecule has 0 aliphatic rings. The molecule has 0 aliphatic carbocycles. The zero-order valence-electron chi connectivity index (χ0n) is 11.2. The molecule has 0 fully saturated rings. The average molecular weight is 334 g/mol. The fraction of sp³-hybridized carbons (Fsp3) is 0.200. The van der Waals surface area contributed by atoms with Gasteiger partial charge in [0.25, 0.3) is 5.91 Å². The van der Waals surface area contributed by atoms with Crippen LogP contribution in [0.2, 0.25) is 0 Å². The number of halogens is 1. The van der Waals surface area contributed by atoms with Crippen molar-refractivity contribution in [1.82, 2.24) is 10.3 Å². The molecule has 20 heavy (non-hydrogen) atoms. The minimum atomic E-state index is -0.170. The van der Waals surface area contributed by atoms with Gasteiger partial charge in [0.15, 0.2) is 0 Å².